The van der Waals surface area contributed by atoms with Crippen molar-refractivity contribution in [1.29, 1.82) is 0 Å². The maximum atomic E-state index is 9.02. The molecule has 1 aromatic rings. The first kappa shape index (κ1) is 13.0. The van der Waals surface area contributed by atoms with Crippen LogP contribution in [0.2, 0.25) is 5.02 Å². The molecule has 0 aliphatic rings. The summed E-state index contributed by atoms with van der Waals surface area (Å²) >= 11 is 9.49. The Morgan fingerprint density at radius 2 is 2.20 bits per heavy atom. The molecule has 15 heavy (non-hydrogen) atoms. The predicted molar refractivity (Wildman–Crippen MR) is 67.2 cm³/mol. The second-order valence-corrected chi connectivity index (χ2v) is 5.01. The van der Waals surface area contributed by atoms with Crippen LogP contribution in [0.4, 0.5) is 0 Å². The molecule has 1 aromatic carbocycles. The van der Waals surface area contributed by atoms with Gasteiger partial charge in [0.15, 0.2) is 0 Å². The van der Waals surface area contributed by atoms with E-state index in [1.54, 1.807) is 0 Å². The van der Waals surface area contributed by atoms with E-state index >= 15 is 0 Å². The normalized spacial score (nSPS) is 13.2. The van der Waals surface area contributed by atoms with E-state index in [1.807, 2.05) is 32.2 Å². The first-order chi connectivity index (χ1) is 7.04. The number of aliphatic hydroxyl groups excluding tert-OH is 1. The average Bonchev–Trinajstić information content (AvgIpc) is 2.22. The standard InChI is InChI=1S/C11H15BrClNO/c1-8(7-15)14(2)6-9-5-10(12)3-4-11(9)13/h3-5,8,15H,6-7H2,1-2H3. The molecule has 0 heterocycles. The van der Waals surface area contributed by atoms with Crippen molar-refractivity contribution in [2.45, 2.75) is 19.5 Å². The fourth-order valence-electron chi connectivity index (χ4n) is 1.23. The molecule has 1 atom stereocenters. The van der Waals surface area contributed by atoms with E-state index < -0.39 is 0 Å². The average molecular weight is 293 g/mol. The molecule has 0 aliphatic heterocycles. The lowest BCUT2D eigenvalue weighted by atomic mass is 10.2. The van der Waals surface area contributed by atoms with Gasteiger partial charge in [0.05, 0.1) is 6.61 Å². The third kappa shape index (κ3) is 3.76. The van der Waals surface area contributed by atoms with Crippen LogP contribution in [0.1, 0.15) is 12.5 Å². The molecule has 1 N–H and O–H groups in total. The van der Waals surface area contributed by atoms with Gasteiger partial charge < -0.3 is 5.11 Å². The Kier molecular flexibility index (Phi) is 5.06. The number of hydrogen-bond acceptors (Lipinski definition) is 2. The summed E-state index contributed by atoms with van der Waals surface area (Å²) in [5, 5.41) is 9.78. The predicted octanol–water partition coefficient (Wildman–Crippen LogP) is 2.92. The highest BCUT2D eigenvalue weighted by Gasteiger charge is 2.10. The minimum Gasteiger partial charge on any atom is -0.395 e. The van der Waals surface area contributed by atoms with Gasteiger partial charge in [0.25, 0.3) is 0 Å². The van der Waals surface area contributed by atoms with Gasteiger partial charge in [-0.15, -0.1) is 0 Å². The van der Waals surface area contributed by atoms with Crippen LogP contribution in [-0.2, 0) is 6.54 Å². The van der Waals surface area contributed by atoms with E-state index in [4.69, 9.17) is 16.7 Å². The molecule has 0 aromatic heterocycles. The van der Waals surface area contributed by atoms with Crippen LogP contribution in [0.15, 0.2) is 22.7 Å². The Bertz CT molecular complexity index is 332. The number of nitrogens with zero attached hydrogens (tertiary/aromatic N) is 1. The lowest BCUT2D eigenvalue weighted by molar-refractivity contribution is 0.154. The second kappa shape index (κ2) is 5.85. The molecular weight excluding hydrogens is 277 g/mol. The lowest BCUT2D eigenvalue weighted by Crippen LogP contribution is -2.31. The molecule has 84 valence electrons. The van der Waals surface area contributed by atoms with Gasteiger partial charge in [-0.1, -0.05) is 27.5 Å². The van der Waals surface area contributed by atoms with Crippen molar-refractivity contribution in [2.75, 3.05) is 13.7 Å². The minimum absolute atomic E-state index is 0.139. The van der Waals surface area contributed by atoms with Crippen molar-refractivity contribution in [2.24, 2.45) is 0 Å². The van der Waals surface area contributed by atoms with Crippen molar-refractivity contribution in [3.63, 3.8) is 0 Å². The highest BCUT2D eigenvalue weighted by molar-refractivity contribution is 9.10. The quantitative estimate of drug-likeness (QED) is 0.922. The molecule has 0 fully saturated rings. The van der Waals surface area contributed by atoms with Gasteiger partial charge in [0, 0.05) is 22.1 Å². The molecule has 0 saturated carbocycles. The molecular formula is C11H15BrClNO. The summed E-state index contributed by atoms with van der Waals surface area (Å²) in [6.45, 7) is 2.87. The van der Waals surface area contributed by atoms with Crippen LogP contribution in [0.25, 0.3) is 0 Å². The Labute approximate surface area is 104 Å². The zero-order valence-electron chi connectivity index (χ0n) is 8.87. The van der Waals surface area contributed by atoms with Gasteiger partial charge >= 0.3 is 0 Å². The van der Waals surface area contributed by atoms with E-state index in [1.165, 1.54) is 0 Å². The molecule has 1 rings (SSSR count). The van der Waals surface area contributed by atoms with Gasteiger partial charge in [-0.25, -0.2) is 0 Å². The van der Waals surface area contributed by atoms with E-state index in [0.717, 1.165) is 21.6 Å². The van der Waals surface area contributed by atoms with Gasteiger partial charge in [-0.05, 0) is 37.7 Å². The zero-order chi connectivity index (χ0) is 11.4. The molecule has 0 aliphatic carbocycles. The molecule has 2 nitrogen and oxygen atoms in total. The van der Waals surface area contributed by atoms with Crippen LogP contribution in [-0.4, -0.2) is 29.7 Å². The maximum Gasteiger partial charge on any atom is 0.0584 e. The molecule has 0 radical (unpaired) electrons. The molecule has 0 spiro atoms. The highest BCUT2D eigenvalue weighted by atomic mass is 79.9. The molecule has 0 amide bonds. The largest absolute Gasteiger partial charge is 0.395 e. The first-order valence-corrected chi connectivity index (χ1v) is 5.96. The fraction of sp³-hybridized carbons (Fsp3) is 0.455. The summed E-state index contributed by atoms with van der Waals surface area (Å²) < 4.78 is 1.02. The van der Waals surface area contributed by atoms with E-state index in [-0.39, 0.29) is 12.6 Å². The zero-order valence-corrected chi connectivity index (χ0v) is 11.2. The summed E-state index contributed by atoms with van der Waals surface area (Å²) in [6.07, 6.45) is 0. The van der Waals surface area contributed by atoms with E-state index in [0.29, 0.717) is 0 Å². The van der Waals surface area contributed by atoms with Crippen LogP contribution < -0.4 is 0 Å². The van der Waals surface area contributed by atoms with E-state index in [2.05, 4.69) is 20.8 Å². The third-order valence-electron chi connectivity index (χ3n) is 2.44. The smallest absolute Gasteiger partial charge is 0.0584 e. The minimum atomic E-state index is 0.139. The second-order valence-electron chi connectivity index (χ2n) is 3.68. The Morgan fingerprint density at radius 3 is 2.80 bits per heavy atom. The molecule has 4 heteroatoms. The number of halogens is 2. The number of benzene rings is 1. The van der Waals surface area contributed by atoms with Crippen molar-refractivity contribution < 1.29 is 5.11 Å². The van der Waals surface area contributed by atoms with Crippen LogP contribution in [0.3, 0.4) is 0 Å². The highest BCUT2D eigenvalue weighted by Crippen LogP contribution is 2.22. The number of likely N-dealkylation sites (N-methyl/N-ethyl adjacent to an activating group) is 1. The van der Waals surface area contributed by atoms with Gasteiger partial charge in [-0.2, -0.15) is 0 Å². The molecule has 0 saturated heterocycles. The lowest BCUT2D eigenvalue weighted by Gasteiger charge is -2.23. The summed E-state index contributed by atoms with van der Waals surface area (Å²) in [5.74, 6) is 0. The van der Waals surface area contributed by atoms with Crippen molar-refractivity contribution >= 4 is 27.5 Å². The Balaban J connectivity index is 2.75. The van der Waals surface area contributed by atoms with Crippen molar-refractivity contribution in [1.82, 2.24) is 4.90 Å². The molecule has 1 unspecified atom stereocenters. The third-order valence-corrected chi connectivity index (χ3v) is 3.31. The summed E-state index contributed by atoms with van der Waals surface area (Å²) in [5.41, 5.74) is 1.06. The monoisotopic (exact) mass is 291 g/mol. The number of hydrogen-bond donors (Lipinski definition) is 1. The van der Waals surface area contributed by atoms with Crippen LogP contribution in [0.5, 0.6) is 0 Å². The van der Waals surface area contributed by atoms with Crippen LogP contribution >= 0.6 is 27.5 Å². The fourth-order valence-corrected chi connectivity index (χ4v) is 1.81. The Morgan fingerprint density at radius 1 is 1.53 bits per heavy atom. The van der Waals surface area contributed by atoms with Gasteiger partial charge in [0.2, 0.25) is 0 Å². The first-order valence-electron chi connectivity index (χ1n) is 4.79. The number of aliphatic hydroxyl groups is 1. The van der Waals surface area contributed by atoms with Gasteiger partial charge in [-0.3, -0.25) is 4.90 Å². The Hall–Kier alpha value is -0.0900. The summed E-state index contributed by atoms with van der Waals surface area (Å²) in [7, 11) is 1.97. The van der Waals surface area contributed by atoms with Crippen molar-refractivity contribution in [3.8, 4) is 0 Å². The topological polar surface area (TPSA) is 23.5 Å². The molecule has 0 bridgehead atoms. The summed E-state index contributed by atoms with van der Waals surface area (Å²) in [4.78, 5) is 2.06. The van der Waals surface area contributed by atoms with Crippen LogP contribution in [0, 0.1) is 0 Å². The van der Waals surface area contributed by atoms with Gasteiger partial charge in [0.1, 0.15) is 0 Å². The number of rotatable bonds is 4. The maximum absolute atomic E-state index is 9.02. The van der Waals surface area contributed by atoms with Crippen molar-refractivity contribution in [3.05, 3.63) is 33.3 Å². The SMILES string of the molecule is CC(CO)N(C)Cc1cc(Br)ccc1Cl. The van der Waals surface area contributed by atoms with E-state index in [9.17, 15) is 0 Å². The summed E-state index contributed by atoms with van der Waals surface area (Å²) in [6, 6.07) is 5.93.